The molecular weight excluding hydrogens is 288 g/mol. The van der Waals surface area contributed by atoms with Crippen LogP contribution in [0.25, 0.3) is 0 Å². The summed E-state index contributed by atoms with van der Waals surface area (Å²) in [4.78, 5) is 19.3. The fourth-order valence-corrected chi connectivity index (χ4v) is 2.25. The third-order valence-electron chi connectivity index (χ3n) is 3.37. The van der Waals surface area contributed by atoms with Crippen LogP contribution in [0.4, 0.5) is 11.5 Å². The standard InChI is InChI=1S/C14H22N4O4/c1-4-21-14-11(18(19)20)13(16-12(17-14)9(2)3)15-8-10-6-5-7-22-10/h9-10H,4-8H2,1-3H3,(H,15,16,17). The molecule has 1 aliphatic rings. The number of nitrogens with one attached hydrogen (secondary N) is 1. The van der Waals surface area contributed by atoms with Gasteiger partial charge in [-0.15, -0.1) is 0 Å². The summed E-state index contributed by atoms with van der Waals surface area (Å²) in [6.45, 7) is 7.16. The van der Waals surface area contributed by atoms with Gasteiger partial charge in [-0.05, 0) is 19.8 Å². The lowest BCUT2D eigenvalue weighted by atomic mass is 10.2. The predicted molar refractivity (Wildman–Crippen MR) is 81.4 cm³/mol. The Bertz CT molecular complexity index is 530. The topological polar surface area (TPSA) is 99.4 Å². The van der Waals surface area contributed by atoms with Crippen molar-refractivity contribution in [2.24, 2.45) is 0 Å². The van der Waals surface area contributed by atoms with Crippen molar-refractivity contribution >= 4 is 11.5 Å². The van der Waals surface area contributed by atoms with Gasteiger partial charge in [0.25, 0.3) is 5.88 Å². The molecule has 22 heavy (non-hydrogen) atoms. The van der Waals surface area contributed by atoms with Gasteiger partial charge in [-0.3, -0.25) is 10.1 Å². The lowest BCUT2D eigenvalue weighted by Crippen LogP contribution is -2.20. The number of nitrogens with zero attached hydrogens (tertiary/aromatic N) is 3. The van der Waals surface area contributed by atoms with Gasteiger partial charge in [0.1, 0.15) is 5.82 Å². The third-order valence-corrected chi connectivity index (χ3v) is 3.37. The highest BCUT2D eigenvalue weighted by Crippen LogP contribution is 2.33. The second-order valence-electron chi connectivity index (χ2n) is 5.44. The van der Waals surface area contributed by atoms with Crippen molar-refractivity contribution in [2.45, 2.75) is 45.6 Å². The summed E-state index contributed by atoms with van der Waals surface area (Å²) in [5, 5.41) is 14.4. The summed E-state index contributed by atoms with van der Waals surface area (Å²) in [7, 11) is 0. The highest BCUT2D eigenvalue weighted by atomic mass is 16.6. The average Bonchev–Trinajstić information content (AvgIpc) is 2.97. The smallest absolute Gasteiger partial charge is 0.372 e. The summed E-state index contributed by atoms with van der Waals surface area (Å²) in [5.41, 5.74) is -0.218. The molecule has 0 bridgehead atoms. The van der Waals surface area contributed by atoms with Crippen molar-refractivity contribution in [3.63, 3.8) is 0 Å². The Morgan fingerprint density at radius 3 is 2.82 bits per heavy atom. The van der Waals surface area contributed by atoms with Crippen LogP contribution in [0.3, 0.4) is 0 Å². The Morgan fingerprint density at radius 2 is 2.27 bits per heavy atom. The Labute approximate surface area is 129 Å². The molecule has 0 aliphatic carbocycles. The zero-order chi connectivity index (χ0) is 16.1. The van der Waals surface area contributed by atoms with E-state index in [4.69, 9.17) is 9.47 Å². The maximum Gasteiger partial charge on any atom is 0.372 e. The summed E-state index contributed by atoms with van der Waals surface area (Å²) in [6.07, 6.45) is 2.02. The molecule has 1 aliphatic heterocycles. The summed E-state index contributed by atoms with van der Waals surface area (Å²) >= 11 is 0. The van der Waals surface area contributed by atoms with Crippen LogP contribution < -0.4 is 10.1 Å². The van der Waals surface area contributed by atoms with Crippen molar-refractivity contribution in [1.82, 2.24) is 9.97 Å². The highest BCUT2D eigenvalue weighted by Gasteiger charge is 2.28. The predicted octanol–water partition coefficient (Wildman–Crippen LogP) is 2.50. The number of ether oxygens (including phenoxy) is 2. The van der Waals surface area contributed by atoms with Crippen molar-refractivity contribution in [1.29, 1.82) is 0 Å². The number of anilines is 1. The van der Waals surface area contributed by atoms with Gasteiger partial charge in [0, 0.05) is 19.1 Å². The van der Waals surface area contributed by atoms with Crippen LogP contribution in [0.1, 0.15) is 45.4 Å². The first-order valence-electron chi connectivity index (χ1n) is 7.57. The minimum absolute atomic E-state index is 0.0149. The van der Waals surface area contributed by atoms with E-state index in [1.807, 2.05) is 13.8 Å². The van der Waals surface area contributed by atoms with E-state index in [-0.39, 0.29) is 29.4 Å². The number of hydrogen-bond donors (Lipinski definition) is 1. The lowest BCUT2D eigenvalue weighted by Gasteiger charge is -2.14. The third kappa shape index (κ3) is 3.82. The minimum atomic E-state index is -0.507. The molecule has 0 spiro atoms. The molecule has 0 aromatic carbocycles. The minimum Gasteiger partial charge on any atom is -0.473 e. The monoisotopic (exact) mass is 310 g/mol. The lowest BCUT2D eigenvalue weighted by molar-refractivity contribution is -0.385. The first-order chi connectivity index (χ1) is 10.5. The number of aromatic nitrogens is 2. The number of rotatable bonds is 7. The quantitative estimate of drug-likeness (QED) is 0.610. The van der Waals surface area contributed by atoms with Crippen molar-refractivity contribution in [3.8, 4) is 5.88 Å². The van der Waals surface area contributed by atoms with Gasteiger partial charge in [0.15, 0.2) is 0 Å². The van der Waals surface area contributed by atoms with E-state index in [9.17, 15) is 10.1 Å². The molecule has 1 unspecified atom stereocenters. The van der Waals surface area contributed by atoms with Crippen LogP contribution in [-0.4, -0.2) is 40.8 Å². The molecule has 1 aromatic rings. The summed E-state index contributed by atoms with van der Waals surface area (Å²) in [6, 6.07) is 0. The Kier molecular flexibility index (Phi) is 5.48. The molecule has 1 atom stereocenters. The zero-order valence-electron chi connectivity index (χ0n) is 13.2. The summed E-state index contributed by atoms with van der Waals surface area (Å²) in [5.74, 6) is 0.774. The van der Waals surface area contributed by atoms with Gasteiger partial charge in [-0.2, -0.15) is 4.98 Å². The van der Waals surface area contributed by atoms with E-state index in [2.05, 4.69) is 15.3 Å². The Morgan fingerprint density at radius 1 is 1.50 bits per heavy atom. The fourth-order valence-electron chi connectivity index (χ4n) is 2.25. The molecular formula is C14H22N4O4. The van der Waals surface area contributed by atoms with E-state index in [1.165, 1.54) is 0 Å². The molecule has 8 heteroatoms. The van der Waals surface area contributed by atoms with Gasteiger partial charge in [0.2, 0.25) is 5.82 Å². The van der Waals surface area contributed by atoms with Gasteiger partial charge < -0.3 is 14.8 Å². The molecule has 8 nitrogen and oxygen atoms in total. The van der Waals surface area contributed by atoms with Crippen LogP contribution in [-0.2, 0) is 4.74 Å². The van der Waals surface area contributed by atoms with E-state index in [1.54, 1.807) is 6.92 Å². The maximum atomic E-state index is 11.4. The first-order valence-corrected chi connectivity index (χ1v) is 7.57. The van der Waals surface area contributed by atoms with Crippen molar-refractivity contribution in [2.75, 3.05) is 25.1 Å². The van der Waals surface area contributed by atoms with Gasteiger partial charge in [-0.1, -0.05) is 13.8 Å². The largest absolute Gasteiger partial charge is 0.473 e. The van der Waals surface area contributed by atoms with Crippen LogP contribution in [0.2, 0.25) is 0 Å². The SMILES string of the molecule is CCOc1nc(C(C)C)nc(NCC2CCCO2)c1[N+](=O)[O-]. The second kappa shape index (κ2) is 7.35. The van der Waals surface area contributed by atoms with Crippen molar-refractivity contribution < 1.29 is 14.4 Å². The fraction of sp³-hybridized carbons (Fsp3) is 0.714. The van der Waals surface area contributed by atoms with E-state index < -0.39 is 4.92 Å². The molecule has 1 saturated heterocycles. The van der Waals surface area contributed by atoms with Crippen LogP contribution in [0.5, 0.6) is 5.88 Å². The molecule has 1 N–H and O–H groups in total. The summed E-state index contributed by atoms with van der Waals surface area (Å²) < 4.78 is 10.9. The zero-order valence-corrected chi connectivity index (χ0v) is 13.2. The molecule has 2 heterocycles. The van der Waals surface area contributed by atoms with Gasteiger partial charge in [-0.25, -0.2) is 4.98 Å². The van der Waals surface area contributed by atoms with Crippen LogP contribution in [0, 0.1) is 10.1 Å². The van der Waals surface area contributed by atoms with E-state index in [0.717, 1.165) is 19.4 Å². The number of nitro groups is 1. The highest BCUT2D eigenvalue weighted by molar-refractivity contribution is 5.62. The van der Waals surface area contributed by atoms with Crippen molar-refractivity contribution in [3.05, 3.63) is 15.9 Å². The second-order valence-corrected chi connectivity index (χ2v) is 5.44. The normalized spacial score (nSPS) is 17.7. The van der Waals surface area contributed by atoms with Crippen LogP contribution >= 0.6 is 0 Å². The Balaban J connectivity index is 2.31. The first kappa shape index (κ1) is 16.4. The van der Waals surface area contributed by atoms with Gasteiger partial charge in [0.05, 0.1) is 17.6 Å². The van der Waals surface area contributed by atoms with Crippen LogP contribution in [0.15, 0.2) is 0 Å². The molecule has 0 radical (unpaired) electrons. The average molecular weight is 310 g/mol. The number of hydrogen-bond acceptors (Lipinski definition) is 7. The molecule has 0 saturated carbocycles. The maximum absolute atomic E-state index is 11.4. The molecule has 1 aromatic heterocycles. The van der Waals surface area contributed by atoms with E-state index in [0.29, 0.717) is 19.0 Å². The molecule has 0 amide bonds. The van der Waals surface area contributed by atoms with E-state index >= 15 is 0 Å². The molecule has 1 fully saturated rings. The Hall–Kier alpha value is -1.96. The molecule has 122 valence electrons. The van der Waals surface area contributed by atoms with Gasteiger partial charge >= 0.3 is 5.69 Å². The molecule has 2 rings (SSSR count).